The van der Waals surface area contributed by atoms with Crippen molar-refractivity contribution in [2.24, 2.45) is 0 Å². The minimum Gasteiger partial charge on any atom is -0.394 e. The Morgan fingerprint density at radius 3 is 2.85 bits per heavy atom. The van der Waals surface area contributed by atoms with E-state index in [1.807, 2.05) is 11.8 Å². The predicted octanol–water partition coefficient (Wildman–Crippen LogP) is 2.61. The zero-order chi connectivity index (χ0) is 14.5. The van der Waals surface area contributed by atoms with Crippen LogP contribution in [-0.4, -0.2) is 35.1 Å². The topological polar surface area (TPSA) is 40.5 Å². The van der Waals surface area contributed by atoms with Crippen LogP contribution in [0.2, 0.25) is 0 Å². The molecule has 1 N–H and O–H groups in total. The van der Waals surface area contributed by atoms with Crippen LogP contribution in [0, 0.1) is 13.8 Å². The van der Waals surface area contributed by atoms with Crippen LogP contribution < -0.4 is 0 Å². The first-order chi connectivity index (χ1) is 9.61. The molecule has 1 aliphatic heterocycles. The van der Waals surface area contributed by atoms with Gasteiger partial charge < -0.3 is 10.0 Å². The summed E-state index contributed by atoms with van der Waals surface area (Å²) in [6.07, 6.45) is 4.69. The van der Waals surface area contributed by atoms with Gasteiger partial charge in [0.15, 0.2) is 0 Å². The molecule has 0 radical (unpaired) electrons. The SMILES string of the molecule is Cc1ccc(C)c(CC(=O)N2CCCCCC2CO)c1. The van der Waals surface area contributed by atoms with Gasteiger partial charge in [0.05, 0.1) is 19.1 Å². The largest absolute Gasteiger partial charge is 0.394 e. The lowest BCUT2D eigenvalue weighted by molar-refractivity contribution is -0.133. The number of rotatable bonds is 3. The van der Waals surface area contributed by atoms with Gasteiger partial charge in [-0.25, -0.2) is 0 Å². The van der Waals surface area contributed by atoms with Crippen molar-refractivity contribution < 1.29 is 9.90 Å². The third-order valence-electron chi connectivity index (χ3n) is 4.25. The van der Waals surface area contributed by atoms with Crippen molar-refractivity contribution in [3.05, 3.63) is 34.9 Å². The molecule has 3 heteroatoms. The second-order valence-electron chi connectivity index (χ2n) is 5.88. The molecule has 1 atom stereocenters. The number of likely N-dealkylation sites (tertiary alicyclic amines) is 1. The molecule has 2 rings (SSSR count). The van der Waals surface area contributed by atoms with Crippen LogP contribution in [-0.2, 0) is 11.2 Å². The van der Waals surface area contributed by atoms with Crippen molar-refractivity contribution in [1.29, 1.82) is 0 Å². The van der Waals surface area contributed by atoms with E-state index in [1.54, 1.807) is 0 Å². The van der Waals surface area contributed by atoms with Crippen molar-refractivity contribution in [2.45, 2.75) is 52.0 Å². The highest BCUT2D eigenvalue weighted by molar-refractivity contribution is 5.79. The van der Waals surface area contributed by atoms with Gasteiger partial charge in [-0.1, -0.05) is 36.6 Å². The lowest BCUT2D eigenvalue weighted by Crippen LogP contribution is -2.42. The summed E-state index contributed by atoms with van der Waals surface area (Å²) in [6.45, 7) is 4.97. The summed E-state index contributed by atoms with van der Waals surface area (Å²) in [4.78, 5) is 14.5. The van der Waals surface area contributed by atoms with Crippen LogP contribution in [0.25, 0.3) is 0 Å². The number of nitrogens with zero attached hydrogens (tertiary/aromatic N) is 1. The number of benzene rings is 1. The molecule has 1 aromatic carbocycles. The van der Waals surface area contributed by atoms with Crippen LogP contribution in [0.1, 0.15) is 42.4 Å². The molecule has 20 heavy (non-hydrogen) atoms. The zero-order valence-electron chi connectivity index (χ0n) is 12.6. The first-order valence-electron chi connectivity index (χ1n) is 7.58. The maximum absolute atomic E-state index is 12.6. The molecular weight excluding hydrogens is 250 g/mol. The van der Waals surface area contributed by atoms with Gasteiger partial charge in [0.1, 0.15) is 0 Å². The number of carbonyl (C=O) groups excluding carboxylic acids is 1. The lowest BCUT2D eigenvalue weighted by Gasteiger charge is -2.29. The number of aryl methyl sites for hydroxylation is 2. The molecule has 3 nitrogen and oxygen atoms in total. The van der Waals surface area contributed by atoms with E-state index in [2.05, 4.69) is 25.1 Å². The quantitative estimate of drug-likeness (QED) is 0.921. The third-order valence-corrected chi connectivity index (χ3v) is 4.25. The smallest absolute Gasteiger partial charge is 0.227 e. The molecule has 110 valence electrons. The first-order valence-corrected chi connectivity index (χ1v) is 7.58. The fourth-order valence-electron chi connectivity index (χ4n) is 2.95. The van der Waals surface area contributed by atoms with Gasteiger partial charge in [-0.2, -0.15) is 0 Å². The molecular formula is C17H25NO2. The number of aliphatic hydroxyl groups is 1. The second-order valence-corrected chi connectivity index (χ2v) is 5.88. The lowest BCUT2D eigenvalue weighted by atomic mass is 10.0. The summed E-state index contributed by atoms with van der Waals surface area (Å²) in [7, 11) is 0. The minimum atomic E-state index is 0.00937. The predicted molar refractivity (Wildman–Crippen MR) is 80.7 cm³/mol. The van der Waals surface area contributed by atoms with Crippen molar-refractivity contribution >= 4 is 5.91 Å². The maximum Gasteiger partial charge on any atom is 0.227 e. The van der Waals surface area contributed by atoms with Crippen LogP contribution >= 0.6 is 0 Å². The van der Waals surface area contributed by atoms with E-state index in [0.717, 1.165) is 37.8 Å². The molecule has 1 heterocycles. The number of aliphatic hydroxyl groups excluding tert-OH is 1. The number of carbonyl (C=O) groups is 1. The van der Waals surface area contributed by atoms with Crippen LogP contribution in [0.15, 0.2) is 18.2 Å². The van der Waals surface area contributed by atoms with Crippen LogP contribution in [0.3, 0.4) is 0 Å². The monoisotopic (exact) mass is 275 g/mol. The Labute approximate surface area is 121 Å². The summed E-state index contributed by atoms with van der Waals surface area (Å²) in [6, 6.07) is 6.25. The molecule has 1 fully saturated rings. The van der Waals surface area contributed by atoms with Gasteiger partial charge >= 0.3 is 0 Å². The maximum atomic E-state index is 12.6. The summed E-state index contributed by atoms with van der Waals surface area (Å²) >= 11 is 0. The van der Waals surface area contributed by atoms with E-state index >= 15 is 0 Å². The summed E-state index contributed by atoms with van der Waals surface area (Å²) in [5.74, 6) is 0.152. The van der Waals surface area contributed by atoms with E-state index in [-0.39, 0.29) is 18.6 Å². The molecule has 0 spiro atoms. The summed E-state index contributed by atoms with van der Waals surface area (Å²) in [5, 5.41) is 9.51. The number of hydrogen-bond donors (Lipinski definition) is 1. The van der Waals surface area contributed by atoms with E-state index in [1.165, 1.54) is 11.1 Å². The van der Waals surface area contributed by atoms with Crippen molar-refractivity contribution in [3.63, 3.8) is 0 Å². The van der Waals surface area contributed by atoms with Gasteiger partial charge in [0.2, 0.25) is 5.91 Å². The van der Waals surface area contributed by atoms with Gasteiger partial charge in [0, 0.05) is 6.54 Å². The fourth-order valence-corrected chi connectivity index (χ4v) is 2.95. The first kappa shape index (κ1) is 15.0. The standard InChI is InChI=1S/C17H25NO2/c1-13-7-8-14(2)15(10-13)11-17(20)18-9-5-3-4-6-16(18)12-19/h7-8,10,16,19H,3-6,9,11-12H2,1-2H3. The van der Waals surface area contributed by atoms with E-state index in [9.17, 15) is 9.90 Å². The Balaban J connectivity index is 2.11. The Morgan fingerprint density at radius 1 is 1.30 bits per heavy atom. The van der Waals surface area contributed by atoms with Crippen molar-refractivity contribution in [3.8, 4) is 0 Å². The number of amides is 1. The Bertz CT molecular complexity index is 470. The average Bonchev–Trinajstić information content (AvgIpc) is 2.68. The van der Waals surface area contributed by atoms with Gasteiger partial charge in [-0.15, -0.1) is 0 Å². The zero-order valence-corrected chi connectivity index (χ0v) is 12.6. The molecule has 1 unspecified atom stereocenters. The molecule has 1 aliphatic rings. The van der Waals surface area contributed by atoms with Crippen molar-refractivity contribution in [2.75, 3.05) is 13.2 Å². The molecule has 0 bridgehead atoms. The van der Waals surface area contributed by atoms with E-state index in [0.29, 0.717) is 6.42 Å². The normalized spacial score (nSPS) is 19.8. The van der Waals surface area contributed by atoms with Crippen LogP contribution in [0.5, 0.6) is 0 Å². The summed E-state index contributed by atoms with van der Waals surface area (Å²) < 4.78 is 0. The Kier molecular flexibility index (Phi) is 5.18. The highest BCUT2D eigenvalue weighted by atomic mass is 16.3. The Hall–Kier alpha value is -1.35. The highest BCUT2D eigenvalue weighted by Crippen LogP contribution is 2.19. The molecule has 1 amide bonds. The molecule has 0 aliphatic carbocycles. The minimum absolute atomic E-state index is 0.00937. The molecule has 1 saturated heterocycles. The Morgan fingerprint density at radius 2 is 2.10 bits per heavy atom. The van der Waals surface area contributed by atoms with E-state index < -0.39 is 0 Å². The van der Waals surface area contributed by atoms with E-state index in [4.69, 9.17) is 0 Å². The van der Waals surface area contributed by atoms with Crippen LogP contribution in [0.4, 0.5) is 0 Å². The highest BCUT2D eigenvalue weighted by Gasteiger charge is 2.24. The van der Waals surface area contributed by atoms with Gasteiger partial charge in [-0.3, -0.25) is 4.79 Å². The molecule has 0 saturated carbocycles. The second kappa shape index (κ2) is 6.89. The van der Waals surface area contributed by atoms with Crippen molar-refractivity contribution in [1.82, 2.24) is 4.90 Å². The molecule has 1 aromatic rings. The fraction of sp³-hybridized carbons (Fsp3) is 0.588. The van der Waals surface area contributed by atoms with Gasteiger partial charge in [-0.05, 0) is 37.8 Å². The summed E-state index contributed by atoms with van der Waals surface area (Å²) in [5.41, 5.74) is 3.46. The number of hydrogen-bond acceptors (Lipinski definition) is 2. The molecule has 0 aromatic heterocycles. The third kappa shape index (κ3) is 3.60. The van der Waals surface area contributed by atoms with Gasteiger partial charge in [0.25, 0.3) is 0 Å². The average molecular weight is 275 g/mol.